The van der Waals surface area contributed by atoms with E-state index in [-0.39, 0.29) is 0 Å². The SMILES string of the molecule is CC(C1CCC2CCC1C2)C1(C)CCC2CCCC21. The summed E-state index contributed by atoms with van der Waals surface area (Å²) in [5.41, 5.74) is 0.710. The molecule has 0 aliphatic heterocycles. The van der Waals surface area contributed by atoms with Crippen LogP contribution in [0.2, 0.25) is 0 Å². The predicted molar refractivity (Wildman–Crippen MR) is 80.9 cm³/mol. The van der Waals surface area contributed by atoms with Crippen LogP contribution in [0, 0.1) is 40.9 Å². The molecule has 4 aliphatic carbocycles. The van der Waals surface area contributed by atoms with E-state index in [9.17, 15) is 0 Å². The lowest BCUT2D eigenvalue weighted by atomic mass is 9.60. The van der Waals surface area contributed by atoms with E-state index in [2.05, 4.69) is 13.8 Å². The Morgan fingerprint density at radius 1 is 0.895 bits per heavy atom. The van der Waals surface area contributed by atoms with Gasteiger partial charge in [-0.2, -0.15) is 0 Å². The summed E-state index contributed by atoms with van der Waals surface area (Å²) >= 11 is 0. The zero-order valence-electron chi connectivity index (χ0n) is 13.0. The molecule has 19 heavy (non-hydrogen) atoms. The summed E-state index contributed by atoms with van der Waals surface area (Å²) in [7, 11) is 0. The Bertz CT molecular complexity index is 346. The second kappa shape index (κ2) is 4.50. The molecule has 0 amide bonds. The van der Waals surface area contributed by atoms with Gasteiger partial charge in [0.15, 0.2) is 0 Å². The number of rotatable bonds is 2. The molecule has 4 saturated carbocycles. The summed E-state index contributed by atoms with van der Waals surface area (Å²) in [5, 5.41) is 0. The largest absolute Gasteiger partial charge is 0.0617 e. The highest BCUT2D eigenvalue weighted by atomic mass is 14.6. The van der Waals surface area contributed by atoms with Crippen LogP contribution in [-0.2, 0) is 0 Å². The third kappa shape index (κ3) is 1.84. The lowest BCUT2D eigenvalue weighted by Crippen LogP contribution is -2.38. The molecular weight excluding hydrogens is 228 g/mol. The minimum atomic E-state index is 0.710. The highest BCUT2D eigenvalue weighted by molar-refractivity contribution is 5.02. The molecule has 7 atom stereocenters. The lowest BCUT2D eigenvalue weighted by Gasteiger charge is -2.45. The molecule has 0 nitrogen and oxygen atoms in total. The fraction of sp³-hybridized carbons (Fsp3) is 1.00. The molecule has 4 fully saturated rings. The third-order valence-electron chi connectivity index (χ3n) is 8.34. The molecule has 4 aliphatic rings. The van der Waals surface area contributed by atoms with Crippen molar-refractivity contribution >= 4 is 0 Å². The summed E-state index contributed by atoms with van der Waals surface area (Å²) in [6, 6.07) is 0. The summed E-state index contributed by atoms with van der Waals surface area (Å²) in [6.45, 7) is 5.35. The van der Waals surface area contributed by atoms with Gasteiger partial charge in [0.25, 0.3) is 0 Å². The van der Waals surface area contributed by atoms with Crippen LogP contribution in [0.5, 0.6) is 0 Å². The molecular formula is C19H32. The van der Waals surface area contributed by atoms with E-state index in [0.29, 0.717) is 5.41 Å². The minimum absolute atomic E-state index is 0.710. The van der Waals surface area contributed by atoms with Crippen LogP contribution in [-0.4, -0.2) is 0 Å². The summed E-state index contributed by atoms with van der Waals surface area (Å²) in [6.07, 6.45) is 15.6. The van der Waals surface area contributed by atoms with Gasteiger partial charge < -0.3 is 0 Å². The van der Waals surface area contributed by atoms with Crippen LogP contribution < -0.4 is 0 Å². The first kappa shape index (κ1) is 12.7. The van der Waals surface area contributed by atoms with Crippen LogP contribution in [0.25, 0.3) is 0 Å². The molecule has 4 rings (SSSR count). The molecule has 0 N–H and O–H groups in total. The van der Waals surface area contributed by atoms with Gasteiger partial charge >= 0.3 is 0 Å². The Morgan fingerprint density at radius 2 is 1.74 bits per heavy atom. The molecule has 0 aromatic rings. The van der Waals surface area contributed by atoms with Gasteiger partial charge in [-0.05, 0) is 79.4 Å². The standard InChI is InChI=1S/C19H32/c1-13(17-9-7-14-6-8-16(17)12-14)19(2)11-10-15-4-3-5-18(15)19/h13-18H,3-12H2,1-2H3. The van der Waals surface area contributed by atoms with Gasteiger partial charge in [-0.3, -0.25) is 0 Å². The van der Waals surface area contributed by atoms with Gasteiger partial charge in [0, 0.05) is 0 Å². The first-order valence-corrected chi connectivity index (χ1v) is 9.18. The Kier molecular flexibility index (Phi) is 3.01. The summed E-state index contributed by atoms with van der Waals surface area (Å²) in [4.78, 5) is 0. The van der Waals surface area contributed by atoms with E-state index in [1.165, 1.54) is 6.42 Å². The lowest BCUT2D eigenvalue weighted by molar-refractivity contribution is 0.0370. The fourth-order valence-electron chi connectivity index (χ4n) is 7.07. The number of hydrogen-bond donors (Lipinski definition) is 0. The van der Waals surface area contributed by atoms with Crippen molar-refractivity contribution in [1.82, 2.24) is 0 Å². The maximum atomic E-state index is 2.69. The average Bonchev–Trinajstić information content (AvgIpc) is 3.09. The van der Waals surface area contributed by atoms with Crippen molar-refractivity contribution in [3.63, 3.8) is 0 Å². The van der Waals surface area contributed by atoms with Crippen molar-refractivity contribution in [2.75, 3.05) is 0 Å². The van der Waals surface area contributed by atoms with E-state index >= 15 is 0 Å². The quantitative estimate of drug-likeness (QED) is 0.600. The molecule has 0 saturated heterocycles. The maximum Gasteiger partial charge on any atom is -0.0266 e. The van der Waals surface area contributed by atoms with Gasteiger partial charge in [-0.1, -0.05) is 39.5 Å². The molecule has 7 unspecified atom stereocenters. The van der Waals surface area contributed by atoms with Crippen LogP contribution >= 0.6 is 0 Å². The van der Waals surface area contributed by atoms with Crippen molar-refractivity contribution in [2.24, 2.45) is 40.9 Å². The van der Waals surface area contributed by atoms with Crippen LogP contribution in [0.3, 0.4) is 0 Å². The highest BCUT2D eigenvalue weighted by Crippen LogP contribution is 2.62. The van der Waals surface area contributed by atoms with Crippen LogP contribution in [0.4, 0.5) is 0 Å². The van der Waals surface area contributed by atoms with Crippen molar-refractivity contribution < 1.29 is 0 Å². The molecule has 0 heteroatoms. The molecule has 0 radical (unpaired) electrons. The van der Waals surface area contributed by atoms with Crippen molar-refractivity contribution in [3.05, 3.63) is 0 Å². The van der Waals surface area contributed by atoms with E-state index in [1.54, 1.807) is 57.8 Å². The second-order valence-electron chi connectivity index (χ2n) is 8.81. The van der Waals surface area contributed by atoms with Gasteiger partial charge in [-0.25, -0.2) is 0 Å². The van der Waals surface area contributed by atoms with E-state index in [4.69, 9.17) is 0 Å². The molecule has 108 valence electrons. The van der Waals surface area contributed by atoms with Gasteiger partial charge in [0.05, 0.1) is 0 Å². The Hall–Kier alpha value is 0. The fourth-order valence-corrected chi connectivity index (χ4v) is 7.07. The molecule has 0 aromatic carbocycles. The van der Waals surface area contributed by atoms with Gasteiger partial charge in [0.2, 0.25) is 0 Å². The smallest absolute Gasteiger partial charge is 0.0266 e. The first-order valence-electron chi connectivity index (χ1n) is 9.18. The van der Waals surface area contributed by atoms with Crippen LogP contribution in [0.15, 0.2) is 0 Å². The van der Waals surface area contributed by atoms with E-state index in [0.717, 1.165) is 35.5 Å². The van der Waals surface area contributed by atoms with E-state index in [1.807, 2.05) is 0 Å². The van der Waals surface area contributed by atoms with Crippen molar-refractivity contribution in [2.45, 2.75) is 78.1 Å². The van der Waals surface area contributed by atoms with E-state index < -0.39 is 0 Å². The minimum Gasteiger partial charge on any atom is -0.0617 e. The maximum absolute atomic E-state index is 2.69. The highest BCUT2D eigenvalue weighted by Gasteiger charge is 2.53. The number of fused-ring (bicyclic) bond motifs is 3. The molecule has 0 spiro atoms. The normalized spacial score (nSPS) is 54.3. The van der Waals surface area contributed by atoms with Crippen molar-refractivity contribution in [1.29, 1.82) is 0 Å². The third-order valence-corrected chi connectivity index (χ3v) is 8.34. The Labute approximate surface area is 119 Å². The van der Waals surface area contributed by atoms with Crippen molar-refractivity contribution in [3.8, 4) is 0 Å². The monoisotopic (exact) mass is 260 g/mol. The van der Waals surface area contributed by atoms with Gasteiger partial charge in [0.1, 0.15) is 0 Å². The zero-order chi connectivity index (χ0) is 13.0. The Balaban J connectivity index is 1.54. The summed E-state index contributed by atoms with van der Waals surface area (Å²) < 4.78 is 0. The Morgan fingerprint density at radius 3 is 2.63 bits per heavy atom. The molecule has 0 aromatic heterocycles. The second-order valence-corrected chi connectivity index (χ2v) is 8.81. The number of hydrogen-bond acceptors (Lipinski definition) is 0. The first-order chi connectivity index (χ1) is 9.18. The summed E-state index contributed by atoms with van der Waals surface area (Å²) in [5.74, 6) is 6.55. The van der Waals surface area contributed by atoms with Crippen LogP contribution in [0.1, 0.15) is 78.1 Å². The average molecular weight is 260 g/mol. The predicted octanol–water partition coefficient (Wildman–Crippen LogP) is 5.67. The molecule has 0 heterocycles. The molecule has 2 bridgehead atoms. The van der Waals surface area contributed by atoms with Gasteiger partial charge in [-0.15, -0.1) is 0 Å². The topological polar surface area (TPSA) is 0 Å². The zero-order valence-corrected chi connectivity index (χ0v) is 13.0.